The first-order valence-electron chi connectivity index (χ1n) is 6.25. The van der Waals surface area contributed by atoms with Gasteiger partial charge in [-0.15, -0.1) is 0 Å². The number of rotatable bonds is 7. The molecule has 1 aromatic carbocycles. The normalized spacial score (nSPS) is 26.9. The first-order valence-corrected chi connectivity index (χ1v) is 6.25. The van der Waals surface area contributed by atoms with Crippen molar-refractivity contribution < 1.29 is 19.3 Å². The van der Waals surface area contributed by atoms with Crippen LogP contribution in [0.15, 0.2) is 30.3 Å². The maximum atomic E-state index is 9.63. The van der Waals surface area contributed by atoms with Crippen LogP contribution in [-0.2, 0) is 20.8 Å². The minimum absolute atomic E-state index is 0.0166. The molecule has 0 spiro atoms. The van der Waals surface area contributed by atoms with Gasteiger partial charge in [-0.05, 0) is 5.56 Å². The van der Waals surface area contributed by atoms with Crippen LogP contribution in [0.25, 0.3) is 0 Å². The standard InChI is InChI=1S/C14H20O4/c1-16-7-8-17-14-12(15)9-13(14)18-10-11-5-3-2-4-6-11/h2-6,12-15H,7-10H2,1H3. The minimum Gasteiger partial charge on any atom is -0.390 e. The topological polar surface area (TPSA) is 47.9 Å². The zero-order valence-corrected chi connectivity index (χ0v) is 10.6. The maximum Gasteiger partial charge on any atom is 0.110 e. The Balaban J connectivity index is 1.72. The zero-order valence-electron chi connectivity index (χ0n) is 10.6. The van der Waals surface area contributed by atoms with Crippen LogP contribution in [0.2, 0.25) is 0 Å². The molecule has 0 heterocycles. The first-order chi connectivity index (χ1) is 8.81. The second-order valence-electron chi connectivity index (χ2n) is 4.47. The van der Waals surface area contributed by atoms with Crippen molar-refractivity contribution in [3.8, 4) is 0 Å². The third kappa shape index (κ3) is 3.53. The molecule has 3 atom stereocenters. The van der Waals surface area contributed by atoms with Crippen molar-refractivity contribution in [1.82, 2.24) is 0 Å². The quantitative estimate of drug-likeness (QED) is 0.745. The van der Waals surface area contributed by atoms with E-state index in [1.165, 1.54) is 0 Å². The molecule has 1 aliphatic carbocycles. The van der Waals surface area contributed by atoms with Crippen LogP contribution in [0, 0.1) is 0 Å². The van der Waals surface area contributed by atoms with Crippen LogP contribution < -0.4 is 0 Å². The van der Waals surface area contributed by atoms with Gasteiger partial charge in [0.25, 0.3) is 0 Å². The Hall–Kier alpha value is -0.940. The summed E-state index contributed by atoms with van der Waals surface area (Å²) in [6, 6.07) is 10.0. The van der Waals surface area contributed by atoms with Gasteiger partial charge in [-0.2, -0.15) is 0 Å². The van der Waals surface area contributed by atoms with Crippen molar-refractivity contribution in [2.45, 2.75) is 31.3 Å². The molecule has 0 amide bonds. The van der Waals surface area contributed by atoms with E-state index < -0.39 is 6.10 Å². The Morgan fingerprint density at radius 2 is 1.94 bits per heavy atom. The maximum absolute atomic E-state index is 9.63. The second kappa shape index (κ2) is 6.85. The van der Waals surface area contributed by atoms with Crippen LogP contribution in [0.5, 0.6) is 0 Å². The van der Waals surface area contributed by atoms with Gasteiger partial charge in [-0.1, -0.05) is 30.3 Å². The average Bonchev–Trinajstić information content (AvgIpc) is 2.40. The van der Waals surface area contributed by atoms with Gasteiger partial charge in [0.2, 0.25) is 0 Å². The van der Waals surface area contributed by atoms with Gasteiger partial charge in [0.1, 0.15) is 6.10 Å². The lowest BCUT2D eigenvalue weighted by atomic mass is 9.88. The molecule has 18 heavy (non-hydrogen) atoms. The van der Waals surface area contributed by atoms with E-state index in [4.69, 9.17) is 14.2 Å². The van der Waals surface area contributed by atoms with E-state index in [2.05, 4.69) is 0 Å². The van der Waals surface area contributed by atoms with E-state index in [0.717, 1.165) is 5.56 Å². The van der Waals surface area contributed by atoms with Crippen molar-refractivity contribution in [3.05, 3.63) is 35.9 Å². The van der Waals surface area contributed by atoms with Crippen molar-refractivity contribution in [2.24, 2.45) is 0 Å². The Bertz CT molecular complexity index is 341. The second-order valence-corrected chi connectivity index (χ2v) is 4.47. The SMILES string of the molecule is COCCOC1C(O)CC1OCc1ccccc1. The molecule has 0 radical (unpaired) electrons. The molecule has 1 N–H and O–H groups in total. The summed E-state index contributed by atoms with van der Waals surface area (Å²) in [6.07, 6.45) is -0.00615. The summed E-state index contributed by atoms with van der Waals surface area (Å²) >= 11 is 0. The van der Waals surface area contributed by atoms with Crippen molar-refractivity contribution >= 4 is 0 Å². The molecular weight excluding hydrogens is 232 g/mol. The lowest BCUT2D eigenvalue weighted by Gasteiger charge is -2.40. The van der Waals surface area contributed by atoms with E-state index in [9.17, 15) is 5.11 Å². The molecule has 1 fully saturated rings. The number of benzene rings is 1. The summed E-state index contributed by atoms with van der Waals surface area (Å²) in [5.74, 6) is 0. The van der Waals surface area contributed by atoms with Gasteiger partial charge in [0, 0.05) is 13.5 Å². The van der Waals surface area contributed by atoms with Gasteiger partial charge in [-0.25, -0.2) is 0 Å². The Morgan fingerprint density at radius 1 is 1.17 bits per heavy atom. The summed E-state index contributed by atoms with van der Waals surface area (Å²) in [7, 11) is 1.63. The molecule has 1 aromatic rings. The lowest BCUT2D eigenvalue weighted by molar-refractivity contribution is -0.199. The summed E-state index contributed by atoms with van der Waals surface area (Å²) < 4.78 is 16.2. The first kappa shape index (κ1) is 13.5. The molecule has 4 heteroatoms. The lowest BCUT2D eigenvalue weighted by Crippen LogP contribution is -2.53. The van der Waals surface area contributed by atoms with Crippen molar-refractivity contribution in [3.63, 3.8) is 0 Å². The number of aliphatic hydroxyl groups excluding tert-OH is 1. The van der Waals surface area contributed by atoms with Crippen LogP contribution >= 0.6 is 0 Å². The van der Waals surface area contributed by atoms with Crippen molar-refractivity contribution in [2.75, 3.05) is 20.3 Å². The number of methoxy groups -OCH3 is 1. The Morgan fingerprint density at radius 3 is 2.61 bits per heavy atom. The molecule has 3 unspecified atom stereocenters. The Labute approximate surface area is 107 Å². The minimum atomic E-state index is -0.414. The highest BCUT2D eigenvalue weighted by Gasteiger charge is 2.41. The summed E-state index contributed by atoms with van der Waals surface area (Å²) in [5.41, 5.74) is 1.13. The van der Waals surface area contributed by atoms with Gasteiger partial charge in [0.15, 0.2) is 0 Å². The molecule has 0 saturated heterocycles. The van der Waals surface area contributed by atoms with E-state index >= 15 is 0 Å². The molecule has 0 bridgehead atoms. The van der Waals surface area contributed by atoms with Gasteiger partial charge in [-0.3, -0.25) is 0 Å². The smallest absolute Gasteiger partial charge is 0.110 e. The van der Waals surface area contributed by atoms with E-state index in [1.807, 2.05) is 30.3 Å². The molecule has 0 aromatic heterocycles. The van der Waals surface area contributed by atoms with Gasteiger partial charge >= 0.3 is 0 Å². The molecule has 100 valence electrons. The molecule has 1 aliphatic rings. The molecule has 4 nitrogen and oxygen atoms in total. The van der Waals surface area contributed by atoms with Crippen LogP contribution in [0.4, 0.5) is 0 Å². The highest BCUT2D eigenvalue weighted by atomic mass is 16.6. The summed E-state index contributed by atoms with van der Waals surface area (Å²) in [5, 5.41) is 9.63. The number of ether oxygens (including phenoxy) is 3. The fourth-order valence-electron chi connectivity index (χ4n) is 1.98. The predicted molar refractivity (Wildman–Crippen MR) is 67.3 cm³/mol. The highest BCUT2D eigenvalue weighted by molar-refractivity contribution is 5.13. The van der Waals surface area contributed by atoms with Crippen molar-refractivity contribution in [1.29, 1.82) is 0 Å². The summed E-state index contributed by atoms with van der Waals surface area (Å²) in [4.78, 5) is 0. The molecule has 1 saturated carbocycles. The molecular formula is C14H20O4. The predicted octanol–water partition coefficient (Wildman–Crippen LogP) is 1.37. The molecule has 2 rings (SSSR count). The van der Waals surface area contributed by atoms with Crippen LogP contribution in [-0.4, -0.2) is 43.7 Å². The zero-order chi connectivity index (χ0) is 12.8. The summed E-state index contributed by atoms with van der Waals surface area (Å²) in [6.45, 7) is 1.58. The number of aliphatic hydroxyl groups is 1. The van der Waals surface area contributed by atoms with E-state index in [0.29, 0.717) is 26.2 Å². The third-order valence-corrected chi connectivity index (χ3v) is 3.12. The van der Waals surface area contributed by atoms with Gasteiger partial charge in [0.05, 0.1) is 32.0 Å². The van der Waals surface area contributed by atoms with Crippen LogP contribution in [0.1, 0.15) is 12.0 Å². The largest absolute Gasteiger partial charge is 0.390 e. The fourth-order valence-corrected chi connectivity index (χ4v) is 1.98. The fraction of sp³-hybridized carbons (Fsp3) is 0.571. The van der Waals surface area contributed by atoms with Gasteiger partial charge < -0.3 is 19.3 Å². The van der Waals surface area contributed by atoms with E-state index in [-0.39, 0.29) is 12.2 Å². The molecule has 0 aliphatic heterocycles. The number of hydrogen-bond donors (Lipinski definition) is 1. The Kier molecular flexibility index (Phi) is 5.13. The number of hydrogen-bond acceptors (Lipinski definition) is 4. The highest BCUT2D eigenvalue weighted by Crippen LogP contribution is 2.28. The van der Waals surface area contributed by atoms with E-state index in [1.54, 1.807) is 7.11 Å². The van der Waals surface area contributed by atoms with Crippen LogP contribution in [0.3, 0.4) is 0 Å². The average molecular weight is 252 g/mol. The third-order valence-electron chi connectivity index (χ3n) is 3.12. The monoisotopic (exact) mass is 252 g/mol.